The molecule has 0 N–H and O–H groups in total. The Labute approximate surface area is 101 Å². The van der Waals surface area contributed by atoms with Crippen molar-refractivity contribution in [1.29, 1.82) is 0 Å². The molecule has 0 heterocycles. The van der Waals surface area contributed by atoms with Crippen LogP contribution in [0.15, 0.2) is 30.8 Å². The largest absolute Gasteiger partial charge is 0.416 e. The number of hydrogen-bond acceptors (Lipinski definition) is 2. The minimum absolute atomic E-state index is 0.147. The van der Waals surface area contributed by atoms with Crippen LogP contribution in [0.5, 0.6) is 0 Å². The fourth-order valence-electron chi connectivity index (χ4n) is 1.19. The van der Waals surface area contributed by atoms with Crippen LogP contribution in [0.25, 0.3) is 5.57 Å². The van der Waals surface area contributed by atoms with E-state index in [0.29, 0.717) is 5.56 Å². The third kappa shape index (κ3) is 4.40. The summed E-state index contributed by atoms with van der Waals surface area (Å²) in [6.45, 7) is 3.46. The van der Waals surface area contributed by atoms with Crippen LogP contribution in [0, 0.1) is 0 Å². The van der Waals surface area contributed by atoms with E-state index in [2.05, 4.69) is 6.58 Å². The molecule has 7 heteroatoms. The van der Waals surface area contributed by atoms with E-state index in [1.165, 1.54) is 0 Å². The van der Waals surface area contributed by atoms with Gasteiger partial charge in [0.1, 0.15) is 0 Å². The summed E-state index contributed by atoms with van der Waals surface area (Å²) in [7, 11) is 1.25. The highest BCUT2D eigenvalue weighted by molar-refractivity contribution is 8.14. The quantitative estimate of drug-likeness (QED) is 0.798. The Morgan fingerprint density at radius 2 is 1.71 bits per heavy atom. The van der Waals surface area contributed by atoms with E-state index in [4.69, 9.17) is 10.7 Å². The standard InChI is InChI=1S/C10H8ClF3O2S/c1-7(6-17(11,15)16)8-2-4-9(5-3-8)10(12,13)14/h2-5H,1,6H2. The molecule has 0 unspecified atom stereocenters. The van der Waals surface area contributed by atoms with Crippen LogP contribution in [0.2, 0.25) is 0 Å². The average Bonchev–Trinajstić information content (AvgIpc) is 2.14. The van der Waals surface area contributed by atoms with E-state index in [-0.39, 0.29) is 5.57 Å². The fraction of sp³-hybridized carbons (Fsp3) is 0.200. The van der Waals surface area contributed by atoms with Crippen molar-refractivity contribution >= 4 is 25.3 Å². The van der Waals surface area contributed by atoms with Gasteiger partial charge in [0.05, 0.1) is 11.3 Å². The lowest BCUT2D eigenvalue weighted by molar-refractivity contribution is -0.137. The Hall–Kier alpha value is -1.01. The van der Waals surface area contributed by atoms with Crippen LogP contribution >= 0.6 is 10.7 Å². The van der Waals surface area contributed by atoms with Crippen LogP contribution in [-0.4, -0.2) is 14.2 Å². The van der Waals surface area contributed by atoms with Crippen molar-refractivity contribution in [2.75, 3.05) is 5.75 Å². The molecule has 94 valence electrons. The molecule has 0 aromatic heterocycles. The van der Waals surface area contributed by atoms with Crippen molar-refractivity contribution in [3.63, 3.8) is 0 Å². The Balaban J connectivity index is 2.93. The molecule has 1 aromatic carbocycles. The molecule has 0 saturated heterocycles. The van der Waals surface area contributed by atoms with Gasteiger partial charge in [-0.3, -0.25) is 0 Å². The Morgan fingerprint density at radius 3 is 2.06 bits per heavy atom. The monoisotopic (exact) mass is 284 g/mol. The van der Waals surface area contributed by atoms with Gasteiger partial charge in [-0.25, -0.2) is 8.42 Å². The first kappa shape index (κ1) is 14.1. The SMILES string of the molecule is C=C(CS(=O)(=O)Cl)c1ccc(C(F)(F)F)cc1. The number of hydrogen-bond donors (Lipinski definition) is 0. The zero-order valence-corrected chi connectivity index (χ0v) is 10.0. The van der Waals surface area contributed by atoms with Crippen LogP contribution in [0.4, 0.5) is 13.2 Å². The molecule has 0 bridgehead atoms. The fourth-order valence-corrected chi connectivity index (χ4v) is 2.16. The van der Waals surface area contributed by atoms with E-state index in [0.717, 1.165) is 24.3 Å². The molecule has 0 saturated carbocycles. The zero-order valence-electron chi connectivity index (χ0n) is 8.46. The van der Waals surface area contributed by atoms with Crippen LogP contribution in [0.3, 0.4) is 0 Å². The number of benzene rings is 1. The Bertz CT molecular complexity index is 517. The molecule has 17 heavy (non-hydrogen) atoms. The molecular weight excluding hydrogens is 277 g/mol. The van der Waals surface area contributed by atoms with Crippen molar-refractivity contribution in [3.05, 3.63) is 42.0 Å². The van der Waals surface area contributed by atoms with Gasteiger partial charge < -0.3 is 0 Å². The predicted octanol–water partition coefficient (Wildman–Crippen LogP) is 3.29. The van der Waals surface area contributed by atoms with Crippen molar-refractivity contribution < 1.29 is 21.6 Å². The summed E-state index contributed by atoms with van der Waals surface area (Å²) in [6.07, 6.45) is -4.42. The minimum atomic E-state index is -4.42. The zero-order chi connectivity index (χ0) is 13.3. The lowest BCUT2D eigenvalue weighted by Gasteiger charge is -2.08. The van der Waals surface area contributed by atoms with Gasteiger partial charge in [0, 0.05) is 10.7 Å². The summed E-state index contributed by atoms with van der Waals surface area (Å²) in [5.74, 6) is -0.500. The lowest BCUT2D eigenvalue weighted by Crippen LogP contribution is -2.05. The highest BCUT2D eigenvalue weighted by Crippen LogP contribution is 2.30. The van der Waals surface area contributed by atoms with Crippen molar-refractivity contribution in [2.45, 2.75) is 6.18 Å². The number of halogens is 4. The highest BCUT2D eigenvalue weighted by atomic mass is 35.7. The first-order chi connectivity index (χ1) is 7.59. The lowest BCUT2D eigenvalue weighted by atomic mass is 10.1. The maximum absolute atomic E-state index is 12.3. The molecule has 1 aromatic rings. The summed E-state index contributed by atoms with van der Waals surface area (Å²) in [5.41, 5.74) is -0.348. The Morgan fingerprint density at radius 1 is 1.24 bits per heavy atom. The van der Waals surface area contributed by atoms with E-state index < -0.39 is 26.5 Å². The smallest absolute Gasteiger partial charge is 0.212 e. The number of rotatable bonds is 3. The summed E-state index contributed by atoms with van der Waals surface area (Å²) in [5, 5.41) is 0. The number of alkyl halides is 3. The van der Waals surface area contributed by atoms with Gasteiger partial charge in [0.25, 0.3) is 0 Å². The maximum Gasteiger partial charge on any atom is 0.416 e. The summed E-state index contributed by atoms with van der Waals surface area (Å²) < 4.78 is 58.3. The summed E-state index contributed by atoms with van der Waals surface area (Å²) in [6, 6.07) is 4.04. The predicted molar refractivity (Wildman–Crippen MR) is 60.1 cm³/mol. The second-order valence-corrected chi connectivity index (χ2v) is 6.14. The third-order valence-corrected chi connectivity index (χ3v) is 2.99. The maximum atomic E-state index is 12.3. The van der Waals surface area contributed by atoms with Crippen molar-refractivity contribution in [3.8, 4) is 0 Å². The first-order valence-corrected chi connectivity index (χ1v) is 6.85. The molecule has 0 spiro atoms. The molecule has 1 rings (SSSR count). The second kappa shape index (κ2) is 4.70. The molecule has 0 amide bonds. The molecular formula is C10H8ClF3O2S. The van der Waals surface area contributed by atoms with Crippen LogP contribution in [0.1, 0.15) is 11.1 Å². The Kier molecular flexibility index (Phi) is 3.88. The molecule has 0 atom stereocenters. The first-order valence-electron chi connectivity index (χ1n) is 4.37. The van der Waals surface area contributed by atoms with Gasteiger partial charge in [0.2, 0.25) is 9.05 Å². The average molecular weight is 285 g/mol. The van der Waals surface area contributed by atoms with Crippen LogP contribution < -0.4 is 0 Å². The molecule has 0 radical (unpaired) electrons. The molecule has 0 aliphatic heterocycles. The van der Waals surface area contributed by atoms with E-state index in [1.807, 2.05) is 0 Å². The van der Waals surface area contributed by atoms with Gasteiger partial charge >= 0.3 is 6.18 Å². The van der Waals surface area contributed by atoms with Gasteiger partial charge in [-0.1, -0.05) is 18.7 Å². The van der Waals surface area contributed by atoms with Gasteiger partial charge in [-0.15, -0.1) is 0 Å². The molecule has 0 fully saturated rings. The van der Waals surface area contributed by atoms with Gasteiger partial charge in [-0.05, 0) is 23.3 Å². The van der Waals surface area contributed by atoms with Crippen molar-refractivity contribution in [1.82, 2.24) is 0 Å². The normalized spacial score (nSPS) is 12.5. The summed E-state index contributed by atoms with van der Waals surface area (Å²) >= 11 is 0. The molecule has 2 nitrogen and oxygen atoms in total. The topological polar surface area (TPSA) is 34.1 Å². The summed E-state index contributed by atoms with van der Waals surface area (Å²) in [4.78, 5) is 0. The highest BCUT2D eigenvalue weighted by Gasteiger charge is 2.30. The van der Waals surface area contributed by atoms with Crippen molar-refractivity contribution in [2.24, 2.45) is 0 Å². The van der Waals surface area contributed by atoms with Gasteiger partial charge in [-0.2, -0.15) is 13.2 Å². The second-order valence-electron chi connectivity index (χ2n) is 3.36. The van der Waals surface area contributed by atoms with Crippen LogP contribution in [-0.2, 0) is 15.2 Å². The van der Waals surface area contributed by atoms with E-state index >= 15 is 0 Å². The third-order valence-electron chi connectivity index (χ3n) is 1.97. The minimum Gasteiger partial charge on any atom is -0.212 e. The van der Waals surface area contributed by atoms with E-state index in [9.17, 15) is 21.6 Å². The van der Waals surface area contributed by atoms with Gasteiger partial charge in [0.15, 0.2) is 0 Å². The van der Waals surface area contributed by atoms with E-state index in [1.54, 1.807) is 0 Å². The molecule has 0 aliphatic rings. The molecule has 0 aliphatic carbocycles.